The van der Waals surface area contributed by atoms with Gasteiger partial charge in [0.15, 0.2) is 0 Å². The molecule has 1 aromatic carbocycles. The molecule has 0 saturated carbocycles. The Morgan fingerprint density at radius 1 is 1.52 bits per heavy atom. The van der Waals surface area contributed by atoms with Gasteiger partial charge in [0.1, 0.15) is 5.75 Å². The summed E-state index contributed by atoms with van der Waals surface area (Å²) in [4.78, 5) is 12.0. The Hall–Kier alpha value is -0.820. The summed E-state index contributed by atoms with van der Waals surface area (Å²) in [6.07, 6.45) is -0.116. The first-order valence-corrected chi connectivity index (χ1v) is 7.37. The van der Waals surface area contributed by atoms with E-state index >= 15 is 0 Å². The summed E-state index contributed by atoms with van der Waals surface area (Å²) in [7, 11) is 1.59. The largest absolute Gasteiger partial charge is 0.496 e. The minimum Gasteiger partial charge on any atom is -0.496 e. The van der Waals surface area contributed by atoms with Crippen molar-refractivity contribution in [3.05, 3.63) is 28.2 Å². The molecule has 118 valence electrons. The van der Waals surface area contributed by atoms with Gasteiger partial charge in [-0.15, -0.1) is 12.4 Å². The minimum absolute atomic E-state index is 0. The molecule has 1 saturated heterocycles. The third-order valence-electron chi connectivity index (χ3n) is 3.46. The summed E-state index contributed by atoms with van der Waals surface area (Å²) < 4.78 is 6.16. The van der Waals surface area contributed by atoms with Gasteiger partial charge in [0.2, 0.25) is 5.91 Å². The molecule has 1 heterocycles. The van der Waals surface area contributed by atoms with Crippen molar-refractivity contribution in [3.8, 4) is 5.75 Å². The molecule has 2 rings (SSSR count). The van der Waals surface area contributed by atoms with Crippen molar-refractivity contribution in [2.75, 3.05) is 26.7 Å². The lowest BCUT2D eigenvalue weighted by Gasteiger charge is -2.14. The SMILES string of the molecule is COc1ccc(Br)cc1CC(=O)NCC1CNCC1O.Cl. The summed E-state index contributed by atoms with van der Waals surface area (Å²) in [5, 5.41) is 15.6. The number of nitrogens with one attached hydrogen (secondary N) is 2. The number of hydrogen-bond donors (Lipinski definition) is 3. The summed E-state index contributed by atoms with van der Waals surface area (Å²) in [6, 6.07) is 5.59. The number of aliphatic hydroxyl groups excluding tert-OH is 1. The van der Waals surface area contributed by atoms with Gasteiger partial charge in [0.05, 0.1) is 19.6 Å². The molecule has 1 aliphatic rings. The number of benzene rings is 1. The summed E-state index contributed by atoms with van der Waals surface area (Å²) in [5.74, 6) is 0.717. The molecule has 1 amide bonds. The van der Waals surface area contributed by atoms with Crippen LogP contribution in [0.15, 0.2) is 22.7 Å². The zero-order valence-electron chi connectivity index (χ0n) is 11.8. The van der Waals surface area contributed by atoms with E-state index in [2.05, 4.69) is 26.6 Å². The van der Waals surface area contributed by atoms with Crippen molar-refractivity contribution in [2.45, 2.75) is 12.5 Å². The van der Waals surface area contributed by atoms with E-state index in [4.69, 9.17) is 4.74 Å². The highest BCUT2D eigenvalue weighted by Crippen LogP contribution is 2.23. The van der Waals surface area contributed by atoms with Crippen LogP contribution in [-0.2, 0) is 11.2 Å². The minimum atomic E-state index is -0.379. The number of ether oxygens (including phenoxy) is 1. The first-order valence-electron chi connectivity index (χ1n) is 6.58. The lowest BCUT2D eigenvalue weighted by molar-refractivity contribution is -0.120. The van der Waals surface area contributed by atoms with Crippen LogP contribution in [0.2, 0.25) is 0 Å². The fraction of sp³-hybridized carbons (Fsp3) is 0.500. The molecule has 0 aliphatic carbocycles. The Bertz CT molecular complexity index is 487. The third kappa shape index (κ3) is 5.14. The highest BCUT2D eigenvalue weighted by Gasteiger charge is 2.25. The standard InChI is InChI=1S/C14H19BrN2O3.ClH/c1-20-13-3-2-11(15)4-9(13)5-14(19)17-7-10-6-16-8-12(10)18;/h2-4,10,12,16,18H,5-8H2,1H3,(H,17,19);1H. The molecule has 0 aromatic heterocycles. The van der Waals surface area contributed by atoms with Gasteiger partial charge in [0, 0.05) is 35.6 Å². The number of β-amino-alcohol motifs (C(OH)–C–C–N with tert-alkyl or cyclic N) is 1. The van der Waals surface area contributed by atoms with E-state index in [-0.39, 0.29) is 36.8 Å². The number of hydrogen-bond acceptors (Lipinski definition) is 4. The van der Waals surface area contributed by atoms with Crippen LogP contribution in [0, 0.1) is 5.92 Å². The van der Waals surface area contributed by atoms with Crippen molar-refractivity contribution in [1.29, 1.82) is 0 Å². The van der Waals surface area contributed by atoms with Gasteiger partial charge in [-0.3, -0.25) is 4.79 Å². The quantitative estimate of drug-likeness (QED) is 0.717. The predicted octanol–water partition coefficient (Wildman–Crippen LogP) is 1.12. The Balaban J connectivity index is 0.00000220. The molecule has 0 radical (unpaired) electrons. The molecule has 21 heavy (non-hydrogen) atoms. The molecule has 5 nitrogen and oxygen atoms in total. The monoisotopic (exact) mass is 378 g/mol. The average molecular weight is 380 g/mol. The van der Waals surface area contributed by atoms with Crippen LogP contribution < -0.4 is 15.4 Å². The van der Waals surface area contributed by atoms with Crippen LogP contribution in [0.25, 0.3) is 0 Å². The lowest BCUT2D eigenvalue weighted by Crippen LogP contribution is -2.35. The van der Waals surface area contributed by atoms with Crippen LogP contribution in [0.3, 0.4) is 0 Å². The normalized spacial score (nSPS) is 20.7. The maximum Gasteiger partial charge on any atom is 0.224 e. The maximum absolute atomic E-state index is 12.0. The number of halogens is 2. The molecule has 3 N–H and O–H groups in total. The highest BCUT2D eigenvalue weighted by atomic mass is 79.9. The van der Waals surface area contributed by atoms with E-state index in [1.165, 1.54) is 0 Å². The molecule has 1 aliphatic heterocycles. The first-order chi connectivity index (χ1) is 9.60. The fourth-order valence-electron chi connectivity index (χ4n) is 2.29. The smallest absolute Gasteiger partial charge is 0.224 e. The number of amides is 1. The topological polar surface area (TPSA) is 70.6 Å². The fourth-order valence-corrected chi connectivity index (χ4v) is 2.70. The number of rotatable bonds is 5. The van der Waals surface area contributed by atoms with Crippen LogP contribution in [0.4, 0.5) is 0 Å². The molecule has 2 unspecified atom stereocenters. The molecule has 1 aromatic rings. The van der Waals surface area contributed by atoms with Gasteiger partial charge < -0.3 is 20.5 Å². The van der Waals surface area contributed by atoms with Gasteiger partial charge in [0.25, 0.3) is 0 Å². The number of aliphatic hydroxyl groups is 1. The zero-order chi connectivity index (χ0) is 14.5. The molecule has 0 spiro atoms. The molecule has 7 heteroatoms. The van der Waals surface area contributed by atoms with Crippen molar-refractivity contribution < 1.29 is 14.6 Å². The maximum atomic E-state index is 12.0. The molecule has 2 atom stereocenters. The van der Waals surface area contributed by atoms with Crippen LogP contribution in [0.5, 0.6) is 5.75 Å². The van der Waals surface area contributed by atoms with Gasteiger partial charge >= 0.3 is 0 Å². The Morgan fingerprint density at radius 2 is 2.29 bits per heavy atom. The first kappa shape index (κ1) is 18.2. The molecular formula is C14H20BrClN2O3. The van der Waals surface area contributed by atoms with E-state index in [0.717, 1.165) is 16.6 Å². The van der Waals surface area contributed by atoms with Crippen LogP contribution in [-0.4, -0.2) is 43.9 Å². The second kappa shape index (κ2) is 8.58. The third-order valence-corrected chi connectivity index (χ3v) is 3.95. The van der Waals surface area contributed by atoms with E-state index in [9.17, 15) is 9.90 Å². The number of carbonyl (C=O) groups excluding carboxylic acids is 1. The van der Waals surface area contributed by atoms with Crippen LogP contribution >= 0.6 is 28.3 Å². The van der Waals surface area contributed by atoms with Crippen molar-refractivity contribution in [1.82, 2.24) is 10.6 Å². The summed E-state index contributed by atoms with van der Waals surface area (Å²) >= 11 is 3.39. The summed E-state index contributed by atoms with van der Waals surface area (Å²) in [6.45, 7) is 1.82. The van der Waals surface area contributed by atoms with E-state index < -0.39 is 0 Å². The number of carbonyl (C=O) groups is 1. The van der Waals surface area contributed by atoms with Crippen molar-refractivity contribution in [3.63, 3.8) is 0 Å². The van der Waals surface area contributed by atoms with Gasteiger partial charge in [-0.25, -0.2) is 0 Å². The van der Waals surface area contributed by atoms with Gasteiger partial charge in [-0.2, -0.15) is 0 Å². The summed E-state index contributed by atoms with van der Waals surface area (Å²) in [5.41, 5.74) is 0.837. The predicted molar refractivity (Wildman–Crippen MR) is 87.0 cm³/mol. The Labute approximate surface area is 139 Å². The number of methoxy groups -OCH3 is 1. The van der Waals surface area contributed by atoms with Gasteiger partial charge in [-0.1, -0.05) is 15.9 Å². The molecular weight excluding hydrogens is 360 g/mol. The lowest BCUT2D eigenvalue weighted by atomic mass is 10.1. The highest BCUT2D eigenvalue weighted by molar-refractivity contribution is 9.10. The molecule has 1 fully saturated rings. The van der Waals surface area contributed by atoms with Crippen molar-refractivity contribution in [2.24, 2.45) is 5.92 Å². The average Bonchev–Trinajstić information content (AvgIpc) is 2.82. The van der Waals surface area contributed by atoms with Crippen LogP contribution in [0.1, 0.15) is 5.56 Å². The van der Waals surface area contributed by atoms with Crippen molar-refractivity contribution >= 4 is 34.2 Å². The molecule has 0 bridgehead atoms. The Morgan fingerprint density at radius 3 is 2.90 bits per heavy atom. The second-order valence-electron chi connectivity index (χ2n) is 4.92. The van der Waals surface area contributed by atoms with E-state index in [1.54, 1.807) is 7.11 Å². The second-order valence-corrected chi connectivity index (χ2v) is 5.84. The van der Waals surface area contributed by atoms with Gasteiger partial charge in [-0.05, 0) is 18.2 Å². The Kier molecular flexibility index (Phi) is 7.45. The zero-order valence-corrected chi connectivity index (χ0v) is 14.2. The van der Waals surface area contributed by atoms with E-state index in [0.29, 0.717) is 18.8 Å². The van der Waals surface area contributed by atoms with E-state index in [1.807, 2.05) is 18.2 Å².